The van der Waals surface area contributed by atoms with Gasteiger partial charge >= 0.3 is 5.63 Å². The SMILES string of the molecule is CCN(C(=O)COc1ccc2ccc(=O)oc2c1)c1cccc2ccccc12. The molecule has 0 fully saturated rings. The van der Waals surface area contributed by atoms with Crippen LogP contribution in [0.2, 0.25) is 0 Å². The molecule has 1 heterocycles. The lowest BCUT2D eigenvalue weighted by atomic mass is 10.1. The van der Waals surface area contributed by atoms with E-state index >= 15 is 0 Å². The highest BCUT2D eigenvalue weighted by atomic mass is 16.5. The Morgan fingerprint density at radius 2 is 1.75 bits per heavy atom. The van der Waals surface area contributed by atoms with E-state index in [2.05, 4.69) is 0 Å². The summed E-state index contributed by atoms with van der Waals surface area (Å²) in [5.74, 6) is 0.331. The summed E-state index contributed by atoms with van der Waals surface area (Å²) >= 11 is 0. The van der Waals surface area contributed by atoms with Gasteiger partial charge in [-0.1, -0.05) is 36.4 Å². The fraction of sp³-hybridized carbons (Fsp3) is 0.130. The van der Waals surface area contributed by atoms with E-state index in [9.17, 15) is 9.59 Å². The molecular formula is C23H19NO4. The standard InChI is InChI=1S/C23H19NO4/c1-2-24(20-9-5-7-16-6-3-4-8-19(16)20)22(25)15-27-18-12-10-17-11-13-23(26)28-21(17)14-18/h3-14H,2,15H2,1H3. The zero-order valence-corrected chi connectivity index (χ0v) is 15.4. The van der Waals surface area contributed by atoms with E-state index in [1.54, 1.807) is 29.2 Å². The van der Waals surface area contributed by atoms with Crippen molar-refractivity contribution in [3.63, 3.8) is 0 Å². The Morgan fingerprint density at radius 3 is 2.61 bits per heavy atom. The van der Waals surface area contributed by atoms with Crippen LogP contribution >= 0.6 is 0 Å². The molecule has 1 aromatic heterocycles. The maximum Gasteiger partial charge on any atom is 0.336 e. The summed E-state index contributed by atoms with van der Waals surface area (Å²) in [7, 11) is 0. The molecule has 0 spiro atoms. The predicted molar refractivity (Wildman–Crippen MR) is 110 cm³/mol. The number of hydrogen-bond acceptors (Lipinski definition) is 4. The molecule has 1 amide bonds. The molecule has 0 unspecified atom stereocenters. The highest BCUT2D eigenvalue weighted by molar-refractivity contribution is 6.04. The van der Waals surface area contributed by atoms with E-state index in [1.165, 1.54) is 6.07 Å². The van der Waals surface area contributed by atoms with Crippen molar-refractivity contribution in [2.45, 2.75) is 6.92 Å². The molecule has 5 nitrogen and oxygen atoms in total. The Labute approximate surface area is 161 Å². The number of amides is 1. The van der Waals surface area contributed by atoms with Gasteiger partial charge in [0.15, 0.2) is 6.61 Å². The number of anilines is 1. The van der Waals surface area contributed by atoms with Crippen molar-refractivity contribution in [2.75, 3.05) is 18.1 Å². The molecule has 0 aliphatic heterocycles. The fourth-order valence-electron chi connectivity index (χ4n) is 3.28. The smallest absolute Gasteiger partial charge is 0.336 e. The molecule has 0 bridgehead atoms. The average molecular weight is 373 g/mol. The molecule has 0 N–H and O–H groups in total. The Balaban J connectivity index is 1.56. The molecule has 28 heavy (non-hydrogen) atoms. The minimum atomic E-state index is -0.422. The van der Waals surface area contributed by atoms with Gasteiger partial charge in [-0.15, -0.1) is 0 Å². The van der Waals surface area contributed by atoms with Gasteiger partial charge in [0.1, 0.15) is 11.3 Å². The van der Waals surface area contributed by atoms with Crippen molar-refractivity contribution < 1.29 is 13.9 Å². The maximum atomic E-state index is 12.8. The van der Waals surface area contributed by atoms with Crippen LogP contribution in [0.5, 0.6) is 5.75 Å². The Hall–Kier alpha value is -3.60. The van der Waals surface area contributed by atoms with Gasteiger partial charge in [0.05, 0.1) is 5.69 Å². The summed E-state index contributed by atoms with van der Waals surface area (Å²) in [4.78, 5) is 25.9. The van der Waals surface area contributed by atoms with Crippen LogP contribution in [-0.2, 0) is 4.79 Å². The first-order valence-corrected chi connectivity index (χ1v) is 9.10. The largest absolute Gasteiger partial charge is 0.484 e. The number of likely N-dealkylation sites (N-methyl/N-ethyl adjacent to an activating group) is 1. The third-order valence-corrected chi connectivity index (χ3v) is 4.63. The van der Waals surface area contributed by atoms with Crippen molar-refractivity contribution in [1.82, 2.24) is 0 Å². The summed E-state index contributed by atoms with van der Waals surface area (Å²) in [6, 6.07) is 22.1. The first kappa shape index (κ1) is 17.8. The second kappa shape index (κ2) is 7.56. The topological polar surface area (TPSA) is 59.8 Å². The summed E-state index contributed by atoms with van der Waals surface area (Å²) in [5.41, 5.74) is 0.867. The first-order valence-electron chi connectivity index (χ1n) is 9.10. The first-order chi connectivity index (χ1) is 13.7. The zero-order valence-electron chi connectivity index (χ0n) is 15.4. The predicted octanol–water partition coefficient (Wildman–Crippen LogP) is 4.38. The molecule has 3 aromatic carbocycles. The lowest BCUT2D eigenvalue weighted by molar-refractivity contribution is -0.120. The number of carbonyl (C=O) groups is 1. The van der Waals surface area contributed by atoms with Crippen LogP contribution in [0.4, 0.5) is 5.69 Å². The van der Waals surface area contributed by atoms with Gasteiger partial charge in [0.2, 0.25) is 0 Å². The van der Waals surface area contributed by atoms with Gasteiger partial charge in [-0.25, -0.2) is 4.79 Å². The van der Waals surface area contributed by atoms with Gasteiger partial charge in [-0.05, 0) is 36.6 Å². The number of benzene rings is 3. The number of nitrogens with zero attached hydrogens (tertiary/aromatic N) is 1. The highest BCUT2D eigenvalue weighted by Gasteiger charge is 2.17. The molecule has 0 saturated carbocycles. The number of rotatable bonds is 5. The lowest BCUT2D eigenvalue weighted by Crippen LogP contribution is -2.34. The van der Waals surface area contributed by atoms with Gasteiger partial charge in [-0.3, -0.25) is 4.79 Å². The second-order valence-corrected chi connectivity index (χ2v) is 6.38. The Kier molecular flexibility index (Phi) is 4.81. The van der Waals surface area contributed by atoms with Crippen LogP contribution in [-0.4, -0.2) is 19.1 Å². The normalized spacial score (nSPS) is 10.9. The Morgan fingerprint density at radius 1 is 0.964 bits per heavy atom. The van der Waals surface area contributed by atoms with Crippen LogP contribution in [0.1, 0.15) is 6.92 Å². The number of carbonyl (C=O) groups excluding carboxylic acids is 1. The van der Waals surface area contributed by atoms with Crippen molar-refractivity contribution in [2.24, 2.45) is 0 Å². The van der Waals surface area contributed by atoms with Gasteiger partial charge in [0, 0.05) is 29.4 Å². The van der Waals surface area contributed by atoms with Crippen LogP contribution < -0.4 is 15.3 Å². The molecular weight excluding hydrogens is 354 g/mol. The highest BCUT2D eigenvalue weighted by Crippen LogP contribution is 2.27. The van der Waals surface area contributed by atoms with Gasteiger partial charge in [-0.2, -0.15) is 0 Å². The fourth-order valence-corrected chi connectivity index (χ4v) is 3.28. The minimum absolute atomic E-state index is 0.111. The van der Waals surface area contributed by atoms with Crippen molar-refractivity contribution in [3.05, 3.63) is 83.2 Å². The minimum Gasteiger partial charge on any atom is -0.484 e. The molecule has 0 aliphatic rings. The monoisotopic (exact) mass is 373 g/mol. The third-order valence-electron chi connectivity index (χ3n) is 4.63. The average Bonchev–Trinajstić information content (AvgIpc) is 2.72. The number of ether oxygens (including phenoxy) is 1. The molecule has 4 aromatic rings. The molecule has 140 valence electrons. The van der Waals surface area contributed by atoms with Crippen LogP contribution in [0.25, 0.3) is 21.7 Å². The van der Waals surface area contributed by atoms with E-state index in [4.69, 9.17) is 9.15 Å². The lowest BCUT2D eigenvalue weighted by Gasteiger charge is -2.23. The van der Waals surface area contributed by atoms with E-state index in [0.29, 0.717) is 17.9 Å². The molecule has 4 rings (SSSR count). The van der Waals surface area contributed by atoms with Gasteiger partial charge < -0.3 is 14.1 Å². The molecule has 0 saturated heterocycles. The van der Waals surface area contributed by atoms with E-state index in [0.717, 1.165) is 21.8 Å². The van der Waals surface area contributed by atoms with Crippen molar-refractivity contribution >= 4 is 33.3 Å². The summed E-state index contributed by atoms with van der Waals surface area (Å²) in [5, 5.41) is 2.90. The molecule has 0 radical (unpaired) electrons. The molecule has 0 aliphatic carbocycles. The third kappa shape index (κ3) is 3.47. The maximum absolute atomic E-state index is 12.8. The second-order valence-electron chi connectivity index (χ2n) is 6.38. The van der Waals surface area contributed by atoms with Gasteiger partial charge in [0.25, 0.3) is 5.91 Å². The number of fused-ring (bicyclic) bond motifs is 2. The van der Waals surface area contributed by atoms with E-state index in [1.807, 2.05) is 49.4 Å². The summed E-state index contributed by atoms with van der Waals surface area (Å²) in [6.07, 6.45) is 0. The quantitative estimate of drug-likeness (QED) is 0.487. The van der Waals surface area contributed by atoms with E-state index < -0.39 is 5.63 Å². The van der Waals surface area contributed by atoms with Crippen LogP contribution in [0, 0.1) is 0 Å². The zero-order chi connectivity index (χ0) is 19.5. The summed E-state index contributed by atoms with van der Waals surface area (Å²) < 4.78 is 10.8. The summed E-state index contributed by atoms with van der Waals surface area (Å²) in [6.45, 7) is 2.35. The number of hydrogen-bond donors (Lipinski definition) is 0. The van der Waals surface area contributed by atoms with Crippen LogP contribution in [0.3, 0.4) is 0 Å². The van der Waals surface area contributed by atoms with Crippen LogP contribution in [0.15, 0.2) is 82.0 Å². The Bertz CT molecular complexity index is 1210. The molecule has 0 atom stereocenters. The van der Waals surface area contributed by atoms with Crippen molar-refractivity contribution in [3.8, 4) is 5.75 Å². The molecule has 5 heteroatoms. The van der Waals surface area contributed by atoms with E-state index in [-0.39, 0.29) is 12.5 Å². The van der Waals surface area contributed by atoms with Crippen molar-refractivity contribution in [1.29, 1.82) is 0 Å².